The van der Waals surface area contributed by atoms with Crippen LogP contribution in [0.4, 0.5) is 0 Å². The molecule has 3 heteroatoms. The summed E-state index contributed by atoms with van der Waals surface area (Å²) in [4.78, 5) is 2.70. The topological polar surface area (TPSA) is 24.5 Å². The van der Waals surface area contributed by atoms with Crippen LogP contribution in [-0.2, 0) is 4.74 Å². The van der Waals surface area contributed by atoms with Gasteiger partial charge in [0.05, 0.1) is 6.10 Å². The molecule has 20 heavy (non-hydrogen) atoms. The summed E-state index contributed by atoms with van der Waals surface area (Å²) in [6.45, 7) is 10.6. The molecule has 2 bridgehead atoms. The fourth-order valence-corrected chi connectivity index (χ4v) is 4.57. The van der Waals surface area contributed by atoms with E-state index in [1.807, 2.05) is 0 Å². The highest BCUT2D eigenvalue weighted by Gasteiger charge is 2.41. The molecule has 4 atom stereocenters. The van der Waals surface area contributed by atoms with Gasteiger partial charge in [0, 0.05) is 37.8 Å². The largest absolute Gasteiger partial charge is 0.377 e. The number of nitrogens with one attached hydrogen (secondary N) is 1. The lowest BCUT2D eigenvalue weighted by molar-refractivity contribution is 0.0102. The van der Waals surface area contributed by atoms with Crippen molar-refractivity contribution in [1.29, 1.82) is 0 Å². The van der Waals surface area contributed by atoms with Gasteiger partial charge < -0.3 is 15.0 Å². The molecular weight excluding hydrogens is 248 g/mol. The van der Waals surface area contributed by atoms with Crippen LogP contribution in [0.25, 0.3) is 0 Å². The summed E-state index contributed by atoms with van der Waals surface area (Å²) in [7, 11) is 0. The normalized spacial score (nSPS) is 40.2. The molecule has 3 nitrogen and oxygen atoms in total. The van der Waals surface area contributed by atoms with E-state index in [1.165, 1.54) is 45.2 Å². The first kappa shape index (κ1) is 14.8. The van der Waals surface area contributed by atoms with Crippen LogP contribution in [0.1, 0.15) is 52.9 Å². The van der Waals surface area contributed by atoms with E-state index in [0.717, 1.165) is 24.5 Å². The van der Waals surface area contributed by atoms with E-state index in [4.69, 9.17) is 4.74 Å². The minimum absolute atomic E-state index is 0.457. The summed E-state index contributed by atoms with van der Waals surface area (Å²) < 4.78 is 5.86. The van der Waals surface area contributed by atoms with Gasteiger partial charge in [-0.1, -0.05) is 6.42 Å². The van der Waals surface area contributed by atoms with Gasteiger partial charge in [-0.15, -0.1) is 0 Å². The molecule has 0 amide bonds. The predicted molar refractivity (Wildman–Crippen MR) is 82.9 cm³/mol. The number of fused-ring (bicyclic) bond motifs is 2. The van der Waals surface area contributed by atoms with Gasteiger partial charge in [-0.3, -0.25) is 0 Å². The molecule has 0 aromatic heterocycles. The van der Waals surface area contributed by atoms with Crippen LogP contribution in [0.2, 0.25) is 0 Å². The summed E-state index contributed by atoms with van der Waals surface area (Å²) in [5.41, 5.74) is 0. The number of hydrogen-bond donors (Lipinski definition) is 1. The fourth-order valence-electron chi connectivity index (χ4n) is 4.57. The highest BCUT2D eigenvalue weighted by atomic mass is 16.5. The molecule has 0 spiro atoms. The number of piperidine rings is 1. The first-order valence-electron chi connectivity index (χ1n) is 8.77. The summed E-state index contributed by atoms with van der Waals surface area (Å²) in [6.07, 6.45) is 7.21. The van der Waals surface area contributed by atoms with Gasteiger partial charge in [-0.05, 0) is 58.3 Å². The molecule has 3 rings (SSSR count). The Kier molecular flexibility index (Phi) is 4.68. The molecule has 1 N–H and O–H groups in total. The molecule has 2 aliphatic heterocycles. The van der Waals surface area contributed by atoms with E-state index in [1.54, 1.807) is 0 Å². The highest BCUT2D eigenvalue weighted by molar-refractivity contribution is 4.97. The lowest BCUT2D eigenvalue weighted by atomic mass is 9.73. The van der Waals surface area contributed by atoms with Crippen LogP contribution in [0, 0.1) is 11.8 Å². The van der Waals surface area contributed by atoms with Crippen molar-refractivity contribution in [2.24, 2.45) is 11.8 Å². The van der Waals surface area contributed by atoms with Crippen molar-refractivity contribution in [3.63, 3.8) is 0 Å². The second kappa shape index (κ2) is 6.33. The Morgan fingerprint density at radius 3 is 2.25 bits per heavy atom. The van der Waals surface area contributed by atoms with E-state index < -0.39 is 0 Å². The smallest absolute Gasteiger partial charge is 0.0726 e. The number of nitrogens with zero attached hydrogens (tertiary/aromatic N) is 1. The number of ether oxygens (including phenoxy) is 1. The Morgan fingerprint density at radius 2 is 1.70 bits per heavy atom. The van der Waals surface area contributed by atoms with Crippen LogP contribution in [-0.4, -0.2) is 48.8 Å². The number of rotatable bonds is 4. The third-order valence-electron chi connectivity index (χ3n) is 5.81. The van der Waals surface area contributed by atoms with Crippen LogP contribution in [0.5, 0.6) is 0 Å². The average molecular weight is 280 g/mol. The molecule has 0 aromatic carbocycles. The Bertz CT molecular complexity index is 300. The predicted octanol–water partition coefficient (Wildman–Crippen LogP) is 2.65. The Morgan fingerprint density at radius 1 is 1.00 bits per heavy atom. The van der Waals surface area contributed by atoms with Crippen molar-refractivity contribution in [3.05, 3.63) is 0 Å². The van der Waals surface area contributed by atoms with Crippen LogP contribution in [0.15, 0.2) is 0 Å². The molecule has 1 aliphatic carbocycles. The summed E-state index contributed by atoms with van der Waals surface area (Å²) in [6, 6.07) is 1.96. The molecular formula is C17H32N2O. The molecule has 1 saturated carbocycles. The molecule has 2 heterocycles. The van der Waals surface area contributed by atoms with Gasteiger partial charge in [-0.2, -0.15) is 0 Å². The molecule has 0 aromatic rings. The molecule has 4 unspecified atom stereocenters. The van der Waals surface area contributed by atoms with Crippen molar-refractivity contribution < 1.29 is 4.74 Å². The van der Waals surface area contributed by atoms with Gasteiger partial charge in [0.25, 0.3) is 0 Å². The lowest BCUT2D eigenvalue weighted by Gasteiger charge is -2.50. The molecule has 2 saturated heterocycles. The van der Waals surface area contributed by atoms with E-state index in [-0.39, 0.29) is 0 Å². The minimum Gasteiger partial charge on any atom is -0.377 e. The van der Waals surface area contributed by atoms with E-state index in [2.05, 4.69) is 31.0 Å². The van der Waals surface area contributed by atoms with Gasteiger partial charge in [0.2, 0.25) is 0 Å². The van der Waals surface area contributed by atoms with Crippen LogP contribution < -0.4 is 5.32 Å². The summed E-state index contributed by atoms with van der Waals surface area (Å²) in [5.74, 6) is 1.71. The standard InChI is InChI=1S/C17H32N2O/c1-12(2)19-10-14-6-4-7-15(11-19)17(14)18-13(3)16-8-5-9-20-16/h12-18H,4-11H2,1-3H3. The molecule has 116 valence electrons. The van der Waals surface area contributed by atoms with Crippen molar-refractivity contribution in [2.75, 3.05) is 19.7 Å². The maximum absolute atomic E-state index is 5.86. The minimum atomic E-state index is 0.457. The maximum atomic E-state index is 5.86. The highest BCUT2D eigenvalue weighted by Crippen LogP contribution is 2.36. The summed E-state index contributed by atoms with van der Waals surface area (Å²) in [5, 5.41) is 3.97. The lowest BCUT2D eigenvalue weighted by Crippen LogP contribution is -2.60. The molecule has 3 fully saturated rings. The molecule has 3 aliphatic rings. The van der Waals surface area contributed by atoms with Gasteiger partial charge in [0.15, 0.2) is 0 Å². The average Bonchev–Trinajstić information content (AvgIpc) is 2.91. The van der Waals surface area contributed by atoms with E-state index >= 15 is 0 Å². The first-order valence-corrected chi connectivity index (χ1v) is 8.77. The SMILES string of the molecule is CC(NC1C2CCCC1CN(C(C)C)C2)C1CCCO1. The first-order chi connectivity index (χ1) is 9.65. The third-order valence-corrected chi connectivity index (χ3v) is 5.81. The quantitative estimate of drug-likeness (QED) is 0.857. The zero-order valence-electron chi connectivity index (χ0n) is 13.5. The molecule has 0 radical (unpaired) electrons. The van der Waals surface area contributed by atoms with Crippen molar-refractivity contribution >= 4 is 0 Å². The van der Waals surface area contributed by atoms with Crippen LogP contribution in [0.3, 0.4) is 0 Å². The Labute approximate surface area is 124 Å². The second-order valence-electron chi connectivity index (χ2n) is 7.53. The monoisotopic (exact) mass is 280 g/mol. The van der Waals surface area contributed by atoms with Crippen molar-refractivity contribution in [3.8, 4) is 0 Å². The van der Waals surface area contributed by atoms with E-state index in [0.29, 0.717) is 18.2 Å². The van der Waals surface area contributed by atoms with Gasteiger partial charge in [0.1, 0.15) is 0 Å². The van der Waals surface area contributed by atoms with Crippen LogP contribution >= 0.6 is 0 Å². The fraction of sp³-hybridized carbons (Fsp3) is 1.00. The maximum Gasteiger partial charge on any atom is 0.0726 e. The van der Waals surface area contributed by atoms with Gasteiger partial charge >= 0.3 is 0 Å². The zero-order chi connectivity index (χ0) is 14.1. The summed E-state index contributed by atoms with van der Waals surface area (Å²) >= 11 is 0. The third kappa shape index (κ3) is 3.05. The number of likely N-dealkylation sites (tertiary alicyclic amines) is 1. The van der Waals surface area contributed by atoms with Gasteiger partial charge in [-0.25, -0.2) is 0 Å². The Hall–Kier alpha value is -0.120. The Balaban J connectivity index is 1.61. The zero-order valence-corrected chi connectivity index (χ0v) is 13.5. The second-order valence-corrected chi connectivity index (χ2v) is 7.53. The number of hydrogen-bond acceptors (Lipinski definition) is 3. The van der Waals surface area contributed by atoms with Crippen molar-refractivity contribution in [2.45, 2.75) is 77.1 Å². The van der Waals surface area contributed by atoms with E-state index in [9.17, 15) is 0 Å². The van der Waals surface area contributed by atoms with Crippen molar-refractivity contribution in [1.82, 2.24) is 10.2 Å².